The number of unbranched alkanes of at least 4 members (excludes halogenated alkanes) is 7. The van der Waals surface area contributed by atoms with Crippen molar-refractivity contribution in [3.63, 3.8) is 0 Å². The maximum absolute atomic E-state index is 11.5. The second-order valence-electron chi connectivity index (χ2n) is 7.26. The van der Waals surface area contributed by atoms with Crippen LogP contribution in [0.15, 0.2) is 29.2 Å². The largest absolute Gasteiger partial charge is 0.481 e. The molecule has 3 N–H and O–H groups in total. The van der Waals surface area contributed by atoms with Crippen LogP contribution in [0.25, 0.3) is 0 Å². The number of carboxylic acid groups (broad SMARTS) is 1. The number of hydrogen-bond acceptors (Lipinski definition) is 5. The van der Waals surface area contributed by atoms with Gasteiger partial charge in [-0.1, -0.05) is 44.2 Å². The Kier molecular flexibility index (Phi) is 12.4. The molecule has 0 saturated carbocycles. The number of carbonyl (C=O) groups excluding carboxylic acids is 1. The molecule has 0 saturated heterocycles. The lowest BCUT2D eigenvalue weighted by Crippen LogP contribution is -2.17. The van der Waals surface area contributed by atoms with E-state index in [9.17, 15) is 23.1 Å². The number of aliphatic carboxylic acids is 1. The van der Waals surface area contributed by atoms with Gasteiger partial charge in [-0.2, -0.15) is 8.42 Å². The van der Waals surface area contributed by atoms with Crippen LogP contribution in [-0.4, -0.2) is 43.4 Å². The first-order chi connectivity index (χ1) is 13.9. The Morgan fingerprint density at radius 2 is 1.48 bits per heavy atom. The number of aldehydes is 1. The average Bonchev–Trinajstić information content (AvgIpc) is 2.67. The zero-order valence-corrected chi connectivity index (χ0v) is 17.7. The molecule has 29 heavy (non-hydrogen) atoms. The predicted molar refractivity (Wildman–Crippen MR) is 112 cm³/mol. The van der Waals surface area contributed by atoms with Crippen LogP contribution in [0, 0.1) is 0 Å². The first kappa shape index (κ1) is 25.3. The Labute approximate surface area is 173 Å². The Balaban J connectivity index is 2.18. The molecular formula is C21H33NO6S. The van der Waals surface area contributed by atoms with Gasteiger partial charge in [0.1, 0.15) is 6.29 Å². The van der Waals surface area contributed by atoms with Gasteiger partial charge in [-0.3, -0.25) is 9.35 Å². The highest BCUT2D eigenvalue weighted by Crippen LogP contribution is 2.24. The predicted octanol–water partition coefficient (Wildman–Crippen LogP) is 3.79. The summed E-state index contributed by atoms with van der Waals surface area (Å²) >= 11 is 0. The summed E-state index contributed by atoms with van der Waals surface area (Å²) in [5.41, 5.74) is 0.533. The molecule has 0 fully saturated rings. The highest BCUT2D eigenvalue weighted by molar-refractivity contribution is 7.85. The zero-order chi connectivity index (χ0) is 21.5. The van der Waals surface area contributed by atoms with Gasteiger partial charge in [0.05, 0.1) is 10.8 Å². The fraction of sp³-hybridized carbons (Fsp3) is 0.619. The molecule has 8 heteroatoms. The van der Waals surface area contributed by atoms with E-state index in [0.717, 1.165) is 51.5 Å². The summed E-state index contributed by atoms with van der Waals surface area (Å²) in [5, 5.41) is 12.8. The lowest BCUT2D eigenvalue weighted by Gasteiger charge is -2.13. The van der Waals surface area contributed by atoms with Crippen molar-refractivity contribution in [1.82, 2.24) is 5.32 Å². The molecule has 0 aliphatic carbocycles. The summed E-state index contributed by atoms with van der Waals surface area (Å²) in [7, 11) is -4.28. The molecular weight excluding hydrogens is 394 g/mol. The van der Waals surface area contributed by atoms with E-state index in [1.165, 1.54) is 43.5 Å². The van der Waals surface area contributed by atoms with E-state index >= 15 is 0 Å². The topological polar surface area (TPSA) is 121 Å². The monoisotopic (exact) mass is 427 g/mol. The van der Waals surface area contributed by atoms with Gasteiger partial charge in [0.15, 0.2) is 0 Å². The van der Waals surface area contributed by atoms with Gasteiger partial charge >= 0.3 is 5.97 Å². The third kappa shape index (κ3) is 11.1. The van der Waals surface area contributed by atoms with Crippen LogP contribution >= 0.6 is 0 Å². The molecule has 0 heterocycles. The highest BCUT2D eigenvalue weighted by atomic mass is 32.2. The molecule has 0 bridgehead atoms. The Morgan fingerprint density at radius 1 is 0.931 bits per heavy atom. The number of carbonyl (C=O) groups is 2. The lowest BCUT2D eigenvalue weighted by molar-refractivity contribution is -0.139. The first-order valence-corrected chi connectivity index (χ1v) is 11.7. The smallest absolute Gasteiger partial charge is 0.310 e. The minimum absolute atomic E-state index is 0.240. The van der Waals surface area contributed by atoms with Crippen LogP contribution in [0.2, 0.25) is 0 Å². The van der Waals surface area contributed by atoms with Gasteiger partial charge in [0.2, 0.25) is 0 Å². The summed E-state index contributed by atoms with van der Waals surface area (Å²) in [6.07, 6.45) is 10.5. The van der Waals surface area contributed by atoms with Crippen LogP contribution in [0.5, 0.6) is 0 Å². The molecule has 0 radical (unpaired) electrons. The van der Waals surface area contributed by atoms with E-state index in [1.807, 2.05) is 0 Å². The SMILES string of the molecule is O=CCCCCCCCCNCCCCC(C(=O)O)c1ccc(S(=O)(=O)O)cc1. The Bertz CT molecular complexity index is 702. The van der Waals surface area contributed by atoms with Gasteiger partial charge in [-0.15, -0.1) is 0 Å². The van der Waals surface area contributed by atoms with E-state index in [2.05, 4.69) is 5.32 Å². The number of benzene rings is 1. The van der Waals surface area contributed by atoms with E-state index in [0.29, 0.717) is 18.4 Å². The summed E-state index contributed by atoms with van der Waals surface area (Å²) in [5.74, 6) is -1.63. The third-order valence-electron chi connectivity index (χ3n) is 4.90. The summed E-state index contributed by atoms with van der Waals surface area (Å²) in [6, 6.07) is 5.34. The molecule has 0 spiro atoms. The molecule has 0 amide bonds. The average molecular weight is 428 g/mol. The summed E-state index contributed by atoms with van der Waals surface area (Å²) in [4.78, 5) is 21.5. The molecule has 1 aromatic rings. The molecule has 1 rings (SSSR count). The zero-order valence-electron chi connectivity index (χ0n) is 16.9. The van der Waals surface area contributed by atoms with Crippen LogP contribution < -0.4 is 5.32 Å². The van der Waals surface area contributed by atoms with Gasteiger partial charge in [-0.05, 0) is 56.5 Å². The molecule has 1 atom stereocenters. The van der Waals surface area contributed by atoms with Crippen LogP contribution in [-0.2, 0) is 19.7 Å². The lowest BCUT2D eigenvalue weighted by atomic mass is 9.94. The van der Waals surface area contributed by atoms with Crippen molar-refractivity contribution in [2.45, 2.75) is 75.0 Å². The van der Waals surface area contributed by atoms with Crippen molar-refractivity contribution in [3.8, 4) is 0 Å². The number of nitrogens with one attached hydrogen (secondary N) is 1. The van der Waals surface area contributed by atoms with E-state index in [-0.39, 0.29) is 4.90 Å². The summed E-state index contributed by atoms with van der Waals surface area (Å²) < 4.78 is 31.2. The van der Waals surface area contributed by atoms with Crippen LogP contribution in [0.3, 0.4) is 0 Å². The highest BCUT2D eigenvalue weighted by Gasteiger charge is 2.20. The van der Waals surface area contributed by atoms with E-state index in [1.54, 1.807) is 0 Å². The maximum Gasteiger partial charge on any atom is 0.310 e. The Hall–Kier alpha value is -1.77. The minimum atomic E-state index is -4.28. The van der Waals surface area contributed by atoms with Gasteiger partial charge < -0.3 is 15.2 Å². The van der Waals surface area contributed by atoms with Crippen molar-refractivity contribution in [2.24, 2.45) is 0 Å². The van der Waals surface area contributed by atoms with Gasteiger partial charge in [0.25, 0.3) is 10.1 Å². The van der Waals surface area contributed by atoms with E-state index < -0.39 is 22.0 Å². The van der Waals surface area contributed by atoms with Crippen molar-refractivity contribution in [1.29, 1.82) is 0 Å². The standard InChI is InChI=1S/C21H33NO6S/c23-17-9-5-3-1-2-4-7-15-22-16-8-6-10-20(21(24)25)18-11-13-19(14-12-18)29(26,27)28/h11-14,17,20,22H,1-10,15-16H2,(H,24,25)(H,26,27,28). The molecule has 0 aliphatic heterocycles. The second-order valence-corrected chi connectivity index (χ2v) is 8.68. The van der Waals surface area contributed by atoms with Crippen LogP contribution in [0.4, 0.5) is 0 Å². The van der Waals surface area contributed by atoms with Gasteiger partial charge in [-0.25, -0.2) is 0 Å². The maximum atomic E-state index is 11.5. The van der Waals surface area contributed by atoms with Gasteiger partial charge in [0, 0.05) is 6.42 Å². The fourth-order valence-electron chi connectivity index (χ4n) is 3.21. The molecule has 0 aromatic heterocycles. The third-order valence-corrected chi connectivity index (χ3v) is 5.77. The Morgan fingerprint density at radius 3 is 2.03 bits per heavy atom. The molecule has 7 nitrogen and oxygen atoms in total. The molecule has 164 valence electrons. The number of hydrogen-bond donors (Lipinski definition) is 3. The molecule has 1 unspecified atom stereocenters. The summed E-state index contributed by atoms with van der Waals surface area (Å²) in [6.45, 7) is 1.79. The quantitative estimate of drug-likeness (QED) is 0.196. The van der Waals surface area contributed by atoms with Crippen molar-refractivity contribution in [2.75, 3.05) is 13.1 Å². The fourth-order valence-corrected chi connectivity index (χ4v) is 3.69. The van der Waals surface area contributed by atoms with Crippen molar-refractivity contribution in [3.05, 3.63) is 29.8 Å². The van der Waals surface area contributed by atoms with Crippen molar-refractivity contribution < 1.29 is 27.7 Å². The second kappa shape index (κ2) is 14.3. The van der Waals surface area contributed by atoms with Crippen molar-refractivity contribution >= 4 is 22.4 Å². The molecule has 1 aromatic carbocycles. The van der Waals surface area contributed by atoms with E-state index in [4.69, 9.17) is 4.55 Å². The minimum Gasteiger partial charge on any atom is -0.481 e. The number of rotatable bonds is 17. The van der Waals surface area contributed by atoms with Crippen LogP contribution in [0.1, 0.15) is 75.7 Å². The normalized spacial score (nSPS) is 12.6. The first-order valence-electron chi connectivity index (χ1n) is 10.3. The molecule has 0 aliphatic rings. The number of carboxylic acids is 1.